The van der Waals surface area contributed by atoms with Crippen LogP contribution in [0, 0.1) is 0 Å². The second kappa shape index (κ2) is 8.40. The first-order chi connectivity index (χ1) is 11.0. The first kappa shape index (κ1) is 17.9. The van der Waals surface area contributed by atoms with Crippen molar-refractivity contribution in [1.82, 2.24) is 20.9 Å². The van der Waals surface area contributed by atoms with Gasteiger partial charge in [-0.25, -0.2) is 0 Å². The molecule has 130 valence electrons. The second-order valence-electron chi connectivity index (χ2n) is 6.56. The van der Waals surface area contributed by atoms with Gasteiger partial charge in [0.2, 0.25) is 17.7 Å². The van der Waals surface area contributed by atoms with Crippen molar-refractivity contribution in [3.05, 3.63) is 0 Å². The van der Waals surface area contributed by atoms with Crippen molar-refractivity contribution in [2.24, 2.45) is 0 Å². The Labute approximate surface area is 137 Å². The fourth-order valence-corrected chi connectivity index (χ4v) is 2.11. The lowest BCUT2D eigenvalue weighted by molar-refractivity contribution is -0.147. The lowest BCUT2D eigenvalue weighted by Gasteiger charge is -2.22. The number of nitrogens with one attached hydrogen (secondary N) is 3. The molecule has 2 saturated carbocycles. The van der Waals surface area contributed by atoms with Crippen LogP contribution in [0.4, 0.5) is 0 Å². The van der Waals surface area contributed by atoms with Crippen molar-refractivity contribution in [3.8, 4) is 0 Å². The molecule has 0 bridgehead atoms. The maximum absolute atomic E-state index is 12.3. The van der Waals surface area contributed by atoms with Gasteiger partial charge in [0.15, 0.2) is 0 Å². The van der Waals surface area contributed by atoms with Crippen molar-refractivity contribution in [3.63, 3.8) is 0 Å². The zero-order valence-electron chi connectivity index (χ0n) is 14.1. The molecule has 0 radical (unpaired) electrons. The van der Waals surface area contributed by atoms with Gasteiger partial charge < -0.3 is 16.0 Å². The maximum Gasteiger partial charge on any atom is 0.243 e. The number of rotatable bonds is 10. The highest BCUT2D eigenvalue weighted by molar-refractivity contribution is 6.00. The molecule has 1 atom stereocenters. The summed E-state index contributed by atoms with van der Waals surface area (Å²) in [5, 5.41) is 9.00. The van der Waals surface area contributed by atoms with E-state index in [0.717, 1.165) is 37.0 Å². The fraction of sp³-hybridized carbons (Fsp3) is 0.812. The molecule has 0 aliphatic heterocycles. The zero-order chi connectivity index (χ0) is 16.8. The molecule has 0 spiro atoms. The number of hydrogen-bond acceptors (Lipinski definition) is 5. The summed E-state index contributed by atoms with van der Waals surface area (Å²) in [7, 11) is 0. The molecule has 0 saturated heterocycles. The Bertz CT molecular complexity index is 419. The monoisotopic (exact) mass is 324 g/mol. The summed E-state index contributed by atoms with van der Waals surface area (Å²) < 4.78 is 0. The van der Waals surface area contributed by atoms with Crippen molar-refractivity contribution in [1.29, 1.82) is 0 Å². The number of amides is 3. The van der Waals surface area contributed by atoms with E-state index in [9.17, 15) is 14.4 Å². The highest BCUT2D eigenvalue weighted by atomic mass is 16.2. The van der Waals surface area contributed by atoms with E-state index in [2.05, 4.69) is 16.0 Å². The number of hydrogen-bond donors (Lipinski definition) is 3. The number of carbonyl (C=O) groups excluding carboxylic acids is 3. The highest BCUT2D eigenvalue weighted by Gasteiger charge is 2.28. The van der Waals surface area contributed by atoms with Crippen LogP contribution in [0.25, 0.3) is 0 Å². The predicted molar refractivity (Wildman–Crippen MR) is 86.7 cm³/mol. The van der Waals surface area contributed by atoms with Gasteiger partial charge in [0, 0.05) is 18.1 Å². The van der Waals surface area contributed by atoms with E-state index < -0.39 is 0 Å². The van der Waals surface area contributed by atoms with Crippen LogP contribution in [0.5, 0.6) is 0 Å². The van der Waals surface area contributed by atoms with E-state index in [-0.39, 0.29) is 43.4 Å². The van der Waals surface area contributed by atoms with Gasteiger partial charge in [-0.15, -0.1) is 0 Å². The third-order valence-electron chi connectivity index (χ3n) is 4.16. The average molecular weight is 324 g/mol. The lowest BCUT2D eigenvalue weighted by atomic mass is 10.2. The molecule has 7 heteroatoms. The second-order valence-corrected chi connectivity index (χ2v) is 6.56. The molecule has 2 rings (SSSR count). The van der Waals surface area contributed by atoms with Crippen LogP contribution >= 0.6 is 0 Å². The van der Waals surface area contributed by atoms with Gasteiger partial charge in [0.05, 0.1) is 13.1 Å². The number of carbonyl (C=O) groups is 3. The van der Waals surface area contributed by atoms with Gasteiger partial charge in [0.25, 0.3) is 0 Å². The first-order valence-corrected chi connectivity index (χ1v) is 8.59. The molecule has 2 aliphatic carbocycles. The van der Waals surface area contributed by atoms with Gasteiger partial charge >= 0.3 is 0 Å². The molecule has 23 heavy (non-hydrogen) atoms. The predicted octanol–water partition coefficient (Wildman–Crippen LogP) is -0.240. The molecule has 0 aromatic heterocycles. The standard InChI is InChI=1S/C16H28N4O3/c1-3-11(2)19-14(21)10-20(15(22)8-17-12-4-5-12)16(23)9-18-13-6-7-13/h11-13,17-18H,3-10H2,1-2H3,(H,19,21)/t11-/m1/s1. The third kappa shape index (κ3) is 6.66. The van der Waals surface area contributed by atoms with E-state index in [1.165, 1.54) is 0 Å². The summed E-state index contributed by atoms with van der Waals surface area (Å²) in [4.78, 5) is 37.7. The molecule has 7 nitrogen and oxygen atoms in total. The minimum absolute atomic E-state index is 0.0312. The van der Waals surface area contributed by atoms with Crippen LogP contribution in [0.15, 0.2) is 0 Å². The maximum atomic E-state index is 12.3. The van der Waals surface area contributed by atoms with Crippen molar-refractivity contribution in [2.45, 2.75) is 64.1 Å². The minimum atomic E-state index is -0.334. The van der Waals surface area contributed by atoms with Gasteiger partial charge in [-0.3, -0.25) is 19.3 Å². The molecule has 0 aromatic rings. The van der Waals surface area contributed by atoms with Gasteiger partial charge in [-0.2, -0.15) is 0 Å². The van der Waals surface area contributed by atoms with E-state index in [0.29, 0.717) is 12.1 Å². The van der Waals surface area contributed by atoms with Crippen LogP contribution in [0.2, 0.25) is 0 Å². The minimum Gasteiger partial charge on any atom is -0.352 e. The topological polar surface area (TPSA) is 90.5 Å². The van der Waals surface area contributed by atoms with E-state index in [1.54, 1.807) is 0 Å². The SMILES string of the molecule is CC[C@@H](C)NC(=O)CN(C(=O)CNC1CC1)C(=O)CNC1CC1. The molecular formula is C16H28N4O3. The number of imide groups is 1. The Hall–Kier alpha value is -1.47. The van der Waals surface area contributed by atoms with Gasteiger partial charge in [-0.05, 0) is 39.0 Å². The Morgan fingerprint density at radius 1 is 1.00 bits per heavy atom. The van der Waals surface area contributed by atoms with Crippen LogP contribution in [0.1, 0.15) is 46.0 Å². The van der Waals surface area contributed by atoms with E-state index in [1.807, 2.05) is 13.8 Å². The summed E-state index contributed by atoms with van der Waals surface area (Å²) in [5.74, 6) is -0.962. The Morgan fingerprint density at radius 2 is 1.48 bits per heavy atom. The zero-order valence-corrected chi connectivity index (χ0v) is 14.1. The number of nitrogens with zero attached hydrogens (tertiary/aromatic N) is 1. The lowest BCUT2D eigenvalue weighted by Crippen LogP contribution is -2.51. The van der Waals surface area contributed by atoms with E-state index in [4.69, 9.17) is 0 Å². The van der Waals surface area contributed by atoms with Crippen LogP contribution in [0.3, 0.4) is 0 Å². The molecule has 3 amide bonds. The summed E-state index contributed by atoms with van der Waals surface area (Å²) in [6.07, 6.45) is 5.08. The van der Waals surface area contributed by atoms with Gasteiger partial charge in [-0.1, -0.05) is 6.92 Å². The summed E-state index contributed by atoms with van der Waals surface area (Å²) in [6, 6.07) is 0.799. The molecule has 3 N–H and O–H groups in total. The van der Waals surface area contributed by atoms with Crippen LogP contribution in [-0.4, -0.2) is 60.4 Å². The molecule has 0 heterocycles. The van der Waals surface area contributed by atoms with Crippen molar-refractivity contribution in [2.75, 3.05) is 19.6 Å². The van der Waals surface area contributed by atoms with Crippen LogP contribution in [-0.2, 0) is 14.4 Å². The Kier molecular flexibility index (Phi) is 6.53. The van der Waals surface area contributed by atoms with Crippen LogP contribution < -0.4 is 16.0 Å². The third-order valence-corrected chi connectivity index (χ3v) is 4.16. The highest BCUT2D eigenvalue weighted by Crippen LogP contribution is 2.19. The molecule has 2 aliphatic rings. The Balaban J connectivity index is 1.86. The molecule has 0 unspecified atom stereocenters. The quantitative estimate of drug-likeness (QED) is 0.516. The van der Waals surface area contributed by atoms with Crippen molar-refractivity contribution < 1.29 is 14.4 Å². The largest absolute Gasteiger partial charge is 0.352 e. The molecular weight excluding hydrogens is 296 g/mol. The fourth-order valence-electron chi connectivity index (χ4n) is 2.11. The first-order valence-electron chi connectivity index (χ1n) is 8.59. The van der Waals surface area contributed by atoms with E-state index >= 15 is 0 Å². The summed E-state index contributed by atoms with van der Waals surface area (Å²) in [6.45, 7) is 3.88. The van der Waals surface area contributed by atoms with Gasteiger partial charge in [0.1, 0.15) is 6.54 Å². The normalized spacial score (nSPS) is 18.3. The van der Waals surface area contributed by atoms with Crippen molar-refractivity contribution >= 4 is 17.7 Å². The summed E-state index contributed by atoms with van der Waals surface area (Å²) >= 11 is 0. The smallest absolute Gasteiger partial charge is 0.243 e. The molecule has 2 fully saturated rings. The Morgan fingerprint density at radius 3 is 1.87 bits per heavy atom. The summed E-state index contributed by atoms with van der Waals surface area (Å²) in [5.41, 5.74) is 0. The average Bonchev–Trinajstić information content (AvgIpc) is 3.41. The molecule has 0 aromatic carbocycles.